The zero-order chi connectivity index (χ0) is 6.69. The van der Waals surface area contributed by atoms with Gasteiger partial charge in [0.05, 0.1) is 0 Å². The molecule has 1 saturated heterocycles. The van der Waals surface area contributed by atoms with E-state index in [1.807, 2.05) is 4.42 Å². The van der Waals surface area contributed by atoms with E-state index in [4.69, 9.17) is 11.8 Å². The number of halogens is 1. The lowest BCUT2D eigenvalue weighted by Gasteiger charge is -2.29. The Bertz CT molecular complexity index is 79.1. The number of hydrogen-bond acceptors (Lipinski definition) is 2. The highest BCUT2D eigenvalue weighted by atomic mass is 35.5. The molecule has 0 radical (unpaired) electrons. The van der Waals surface area contributed by atoms with Crippen molar-refractivity contribution >= 4 is 11.8 Å². The van der Waals surface area contributed by atoms with Crippen LogP contribution in [0.5, 0.6) is 0 Å². The second-order valence-electron chi connectivity index (χ2n) is 2.34. The Balaban J connectivity index is 2.18. The maximum atomic E-state index is 5.75. The van der Waals surface area contributed by atoms with Crippen molar-refractivity contribution in [1.82, 2.24) is 9.32 Å². The quantitative estimate of drug-likeness (QED) is 0.507. The highest BCUT2D eigenvalue weighted by molar-refractivity contribution is 6.13. The molecule has 0 bridgehead atoms. The molecule has 1 fully saturated rings. The van der Waals surface area contributed by atoms with Crippen LogP contribution in [0.25, 0.3) is 0 Å². The van der Waals surface area contributed by atoms with Gasteiger partial charge in [-0.25, -0.2) is 4.42 Å². The molecule has 0 unspecified atom stereocenters. The van der Waals surface area contributed by atoms with Gasteiger partial charge in [0.15, 0.2) is 0 Å². The van der Waals surface area contributed by atoms with E-state index in [0.717, 1.165) is 32.7 Å². The van der Waals surface area contributed by atoms with Crippen molar-refractivity contribution in [2.24, 2.45) is 0 Å². The predicted molar refractivity (Wildman–Crippen MR) is 39.5 cm³/mol. The van der Waals surface area contributed by atoms with Crippen molar-refractivity contribution in [2.45, 2.75) is 6.92 Å². The van der Waals surface area contributed by atoms with E-state index in [1.54, 1.807) is 0 Å². The van der Waals surface area contributed by atoms with Gasteiger partial charge >= 0.3 is 0 Å². The third kappa shape index (κ3) is 2.12. The molecule has 2 nitrogen and oxygen atoms in total. The maximum Gasteiger partial charge on any atom is 0.0267 e. The number of nitrogens with zero attached hydrogens (tertiary/aromatic N) is 2. The lowest BCUT2D eigenvalue weighted by Crippen LogP contribution is -2.41. The van der Waals surface area contributed by atoms with Crippen LogP contribution >= 0.6 is 11.8 Å². The van der Waals surface area contributed by atoms with E-state index >= 15 is 0 Å². The minimum absolute atomic E-state index is 1.01. The second-order valence-corrected chi connectivity index (χ2v) is 2.82. The molecule has 9 heavy (non-hydrogen) atoms. The summed E-state index contributed by atoms with van der Waals surface area (Å²) < 4.78 is 1.85. The molecule has 0 amide bonds. The SMILES string of the molecule is CCN1CCN(Cl)CC1. The standard InChI is InChI=1S/C6H13ClN2/c1-2-8-3-5-9(7)6-4-8/h2-6H2,1H3. The Morgan fingerprint density at radius 2 is 1.78 bits per heavy atom. The summed E-state index contributed by atoms with van der Waals surface area (Å²) in [4.78, 5) is 2.40. The van der Waals surface area contributed by atoms with Crippen LogP contribution in [0.2, 0.25) is 0 Å². The first-order valence-electron chi connectivity index (χ1n) is 3.46. The van der Waals surface area contributed by atoms with Crippen LogP contribution in [-0.4, -0.2) is 42.0 Å². The van der Waals surface area contributed by atoms with E-state index in [0.29, 0.717) is 0 Å². The first kappa shape index (κ1) is 7.32. The summed E-state index contributed by atoms with van der Waals surface area (Å²) in [6, 6.07) is 0. The highest BCUT2D eigenvalue weighted by Gasteiger charge is 2.12. The molecule has 0 aliphatic carbocycles. The molecule has 54 valence electrons. The van der Waals surface area contributed by atoms with Crippen LogP contribution in [0.3, 0.4) is 0 Å². The van der Waals surface area contributed by atoms with Gasteiger partial charge < -0.3 is 4.90 Å². The first-order valence-corrected chi connectivity index (χ1v) is 3.80. The van der Waals surface area contributed by atoms with Crippen LogP contribution in [0.4, 0.5) is 0 Å². The number of piperazine rings is 1. The van der Waals surface area contributed by atoms with Gasteiger partial charge in [0, 0.05) is 26.2 Å². The number of rotatable bonds is 1. The molecule has 1 rings (SSSR count). The molecule has 1 heterocycles. The lowest BCUT2D eigenvalue weighted by molar-refractivity contribution is 0.200. The molecule has 0 saturated carbocycles. The smallest absolute Gasteiger partial charge is 0.0267 e. The average Bonchev–Trinajstić information content (AvgIpc) is 1.90. The van der Waals surface area contributed by atoms with E-state index in [1.165, 1.54) is 0 Å². The molecule has 0 N–H and O–H groups in total. The van der Waals surface area contributed by atoms with Crippen molar-refractivity contribution in [2.75, 3.05) is 32.7 Å². The topological polar surface area (TPSA) is 6.48 Å². The zero-order valence-electron chi connectivity index (χ0n) is 5.81. The van der Waals surface area contributed by atoms with Gasteiger partial charge in [0.1, 0.15) is 0 Å². The lowest BCUT2D eigenvalue weighted by atomic mass is 10.4. The predicted octanol–water partition coefficient (Wildman–Crippen LogP) is 0.778. The van der Waals surface area contributed by atoms with E-state index in [9.17, 15) is 0 Å². The molecule has 0 spiro atoms. The molecule has 1 aliphatic rings. The molecule has 1 aliphatic heterocycles. The summed E-state index contributed by atoms with van der Waals surface area (Å²) in [5.74, 6) is 0. The van der Waals surface area contributed by atoms with Gasteiger partial charge in [0.25, 0.3) is 0 Å². The van der Waals surface area contributed by atoms with Gasteiger partial charge in [0.2, 0.25) is 0 Å². The fraction of sp³-hybridized carbons (Fsp3) is 1.00. The van der Waals surface area contributed by atoms with Crippen LogP contribution in [-0.2, 0) is 0 Å². The van der Waals surface area contributed by atoms with Gasteiger partial charge in [-0.15, -0.1) is 0 Å². The van der Waals surface area contributed by atoms with Crippen LogP contribution in [0, 0.1) is 0 Å². The Kier molecular flexibility index (Phi) is 2.76. The van der Waals surface area contributed by atoms with Gasteiger partial charge in [-0.2, -0.15) is 0 Å². The third-order valence-electron chi connectivity index (χ3n) is 1.76. The van der Waals surface area contributed by atoms with E-state index < -0.39 is 0 Å². The monoisotopic (exact) mass is 148 g/mol. The number of likely N-dealkylation sites (N-methyl/N-ethyl adjacent to an activating group) is 1. The summed E-state index contributed by atoms with van der Waals surface area (Å²) in [6.07, 6.45) is 0. The van der Waals surface area contributed by atoms with Gasteiger partial charge in [-0.3, -0.25) is 0 Å². The summed E-state index contributed by atoms with van der Waals surface area (Å²) in [5, 5.41) is 0. The fourth-order valence-corrected chi connectivity index (χ4v) is 1.19. The summed E-state index contributed by atoms with van der Waals surface area (Å²) in [7, 11) is 0. The van der Waals surface area contributed by atoms with Gasteiger partial charge in [-0.05, 0) is 18.3 Å². The Morgan fingerprint density at radius 3 is 2.22 bits per heavy atom. The number of hydrogen-bond donors (Lipinski definition) is 0. The molecule has 3 heteroatoms. The Hall–Kier alpha value is 0.210. The van der Waals surface area contributed by atoms with Crippen molar-refractivity contribution in [3.63, 3.8) is 0 Å². The van der Waals surface area contributed by atoms with Gasteiger partial charge in [-0.1, -0.05) is 6.92 Å². The minimum Gasteiger partial charge on any atom is -0.301 e. The zero-order valence-corrected chi connectivity index (χ0v) is 6.56. The minimum atomic E-state index is 1.01. The second kappa shape index (κ2) is 3.40. The average molecular weight is 149 g/mol. The first-order chi connectivity index (χ1) is 4.33. The molecule has 0 atom stereocenters. The Morgan fingerprint density at radius 1 is 1.22 bits per heavy atom. The molecule has 0 aromatic carbocycles. The van der Waals surface area contributed by atoms with Crippen molar-refractivity contribution < 1.29 is 0 Å². The Labute approximate surface area is 61.5 Å². The molecular formula is C6H13ClN2. The van der Waals surface area contributed by atoms with Crippen molar-refractivity contribution in [1.29, 1.82) is 0 Å². The van der Waals surface area contributed by atoms with Crippen LogP contribution in [0.1, 0.15) is 6.92 Å². The summed E-state index contributed by atoms with van der Waals surface area (Å²) in [5.41, 5.74) is 0. The molecular weight excluding hydrogens is 136 g/mol. The normalized spacial score (nSPS) is 24.7. The van der Waals surface area contributed by atoms with E-state index in [-0.39, 0.29) is 0 Å². The maximum absolute atomic E-state index is 5.75. The molecule has 0 aromatic rings. The largest absolute Gasteiger partial charge is 0.301 e. The van der Waals surface area contributed by atoms with E-state index in [2.05, 4.69) is 11.8 Å². The summed E-state index contributed by atoms with van der Waals surface area (Å²) in [6.45, 7) is 7.61. The molecule has 0 aromatic heterocycles. The summed E-state index contributed by atoms with van der Waals surface area (Å²) >= 11 is 5.75. The van der Waals surface area contributed by atoms with Crippen LogP contribution in [0.15, 0.2) is 0 Å². The highest BCUT2D eigenvalue weighted by Crippen LogP contribution is 2.02. The fourth-order valence-electron chi connectivity index (χ4n) is 1.04. The van der Waals surface area contributed by atoms with Crippen LogP contribution < -0.4 is 0 Å². The van der Waals surface area contributed by atoms with Crippen molar-refractivity contribution in [3.8, 4) is 0 Å². The third-order valence-corrected chi connectivity index (χ3v) is 2.10. The van der Waals surface area contributed by atoms with Crippen molar-refractivity contribution in [3.05, 3.63) is 0 Å².